The molecule has 0 bridgehead atoms. The minimum absolute atomic E-state index is 0.0406. The highest BCUT2D eigenvalue weighted by atomic mass is 32.2. The van der Waals surface area contributed by atoms with Gasteiger partial charge in [-0.1, -0.05) is 66.7 Å². The van der Waals surface area contributed by atoms with Gasteiger partial charge in [0.1, 0.15) is 9.84 Å². The summed E-state index contributed by atoms with van der Waals surface area (Å²) >= 11 is 0. The molecule has 0 fully saturated rings. The lowest BCUT2D eigenvalue weighted by molar-refractivity contribution is 0.310. The number of nitrogens with one attached hydrogen (secondary N) is 1. The van der Waals surface area contributed by atoms with Crippen LogP contribution in [0.5, 0.6) is 11.5 Å². The molecule has 1 unspecified atom stereocenters. The van der Waals surface area contributed by atoms with Crippen molar-refractivity contribution in [2.75, 3.05) is 25.7 Å². The fourth-order valence-corrected chi connectivity index (χ4v) is 4.49. The Balaban J connectivity index is 2.04. The first kappa shape index (κ1) is 22.8. The SMILES string of the molecule is CCOc1cc(C(CS(C)(=O)=O)NC(c2ccccc2)c2ccccc2)ccc1OC. The van der Waals surface area contributed by atoms with Crippen molar-refractivity contribution in [1.29, 1.82) is 0 Å². The van der Waals surface area contributed by atoms with Gasteiger partial charge in [0, 0.05) is 12.3 Å². The van der Waals surface area contributed by atoms with Crippen LogP contribution in [0, 0.1) is 0 Å². The van der Waals surface area contributed by atoms with Crippen molar-refractivity contribution >= 4 is 9.84 Å². The zero-order valence-corrected chi connectivity index (χ0v) is 18.9. The molecule has 6 heteroatoms. The second kappa shape index (κ2) is 10.5. The van der Waals surface area contributed by atoms with Gasteiger partial charge in [-0.15, -0.1) is 0 Å². The monoisotopic (exact) mass is 439 g/mol. The maximum Gasteiger partial charge on any atom is 0.161 e. The topological polar surface area (TPSA) is 64.6 Å². The summed E-state index contributed by atoms with van der Waals surface area (Å²) in [5, 5.41) is 3.59. The van der Waals surface area contributed by atoms with E-state index in [-0.39, 0.29) is 11.8 Å². The molecule has 0 saturated heterocycles. The first-order valence-corrected chi connectivity index (χ1v) is 12.3. The van der Waals surface area contributed by atoms with Crippen molar-refractivity contribution in [3.63, 3.8) is 0 Å². The van der Waals surface area contributed by atoms with Gasteiger partial charge in [-0.25, -0.2) is 8.42 Å². The van der Waals surface area contributed by atoms with Gasteiger partial charge in [0.25, 0.3) is 0 Å². The van der Waals surface area contributed by atoms with Gasteiger partial charge in [0.15, 0.2) is 11.5 Å². The lowest BCUT2D eigenvalue weighted by Gasteiger charge is -2.27. The first-order valence-electron chi connectivity index (χ1n) is 10.3. The van der Waals surface area contributed by atoms with Crippen molar-refractivity contribution in [1.82, 2.24) is 5.32 Å². The number of rotatable bonds is 10. The molecule has 0 aliphatic rings. The molecular formula is C25H29NO4S. The highest BCUT2D eigenvalue weighted by molar-refractivity contribution is 7.90. The van der Waals surface area contributed by atoms with Crippen molar-refractivity contribution in [3.8, 4) is 11.5 Å². The molecule has 31 heavy (non-hydrogen) atoms. The van der Waals surface area contributed by atoms with Gasteiger partial charge in [0.05, 0.1) is 25.5 Å². The van der Waals surface area contributed by atoms with Crippen LogP contribution in [0.2, 0.25) is 0 Å². The lowest BCUT2D eigenvalue weighted by atomic mass is 9.96. The number of methoxy groups -OCH3 is 1. The second-order valence-corrected chi connectivity index (χ2v) is 9.59. The van der Waals surface area contributed by atoms with Crippen LogP contribution in [0.3, 0.4) is 0 Å². The molecule has 5 nitrogen and oxygen atoms in total. The normalized spacial score (nSPS) is 12.5. The van der Waals surface area contributed by atoms with E-state index in [1.165, 1.54) is 6.26 Å². The predicted molar refractivity (Wildman–Crippen MR) is 124 cm³/mol. The number of sulfone groups is 1. The summed E-state index contributed by atoms with van der Waals surface area (Å²) in [6.07, 6.45) is 1.26. The van der Waals surface area contributed by atoms with E-state index in [1.54, 1.807) is 7.11 Å². The summed E-state index contributed by atoms with van der Waals surface area (Å²) in [5.41, 5.74) is 2.95. The van der Waals surface area contributed by atoms with E-state index in [2.05, 4.69) is 5.32 Å². The molecule has 0 aliphatic carbocycles. The fraction of sp³-hybridized carbons (Fsp3) is 0.280. The van der Waals surface area contributed by atoms with Crippen molar-refractivity contribution < 1.29 is 17.9 Å². The number of ether oxygens (including phenoxy) is 2. The molecule has 0 spiro atoms. The second-order valence-electron chi connectivity index (χ2n) is 7.41. The minimum atomic E-state index is -3.26. The van der Waals surface area contributed by atoms with Gasteiger partial charge in [-0.2, -0.15) is 0 Å². The van der Waals surface area contributed by atoms with Crippen LogP contribution in [-0.2, 0) is 9.84 Å². The van der Waals surface area contributed by atoms with E-state index >= 15 is 0 Å². The zero-order chi connectivity index (χ0) is 22.3. The van der Waals surface area contributed by atoms with Crippen LogP contribution in [0.4, 0.5) is 0 Å². The zero-order valence-electron chi connectivity index (χ0n) is 18.1. The van der Waals surface area contributed by atoms with E-state index in [4.69, 9.17) is 9.47 Å². The molecule has 164 valence electrons. The highest BCUT2D eigenvalue weighted by Crippen LogP contribution is 2.33. The van der Waals surface area contributed by atoms with Crippen LogP contribution in [0.15, 0.2) is 78.9 Å². The summed E-state index contributed by atoms with van der Waals surface area (Å²) < 4.78 is 35.7. The third-order valence-electron chi connectivity index (χ3n) is 4.99. The van der Waals surface area contributed by atoms with Crippen LogP contribution in [0.1, 0.15) is 35.7 Å². The Morgan fingerprint density at radius 3 is 1.90 bits per heavy atom. The molecule has 0 aromatic heterocycles. The summed E-state index contributed by atoms with van der Waals surface area (Å²) in [6, 6.07) is 25.0. The maximum absolute atomic E-state index is 12.3. The van der Waals surface area contributed by atoms with Crippen LogP contribution in [-0.4, -0.2) is 34.1 Å². The van der Waals surface area contributed by atoms with Gasteiger partial charge in [-0.3, -0.25) is 5.32 Å². The Morgan fingerprint density at radius 1 is 0.839 bits per heavy atom. The lowest BCUT2D eigenvalue weighted by Crippen LogP contribution is -2.32. The molecule has 0 amide bonds. The van der Waals surface area contributed by atoms with E-state index in [9.17, 15) is 8.42 Å². The summed E-state index contributed by atoms with van der Waals surface area (Å²) in [6.45, 7) is 2.39. The average molecular weight is 440 g/mol. The summed E-state index contributed by atoms with van der Waals surface area (Å²) in [4.78, 5) is 0. The summed E-state index contributed by atoms with van der Waals surface area (Å²) in [5.74, 6) is 1.17. The molecule has 0 saturated carbocycles. The Bertz CT molecular complexity index is 1030. The Kier molecular flexibility index (Phi) is 7.71. The molecule has 1 N–H and O–H groups in total. The molecule has 3 aromatic rings. The average Bonchev–Trinajstić information content (AvgIpc) is 2.77. The molecule has 0 radical (unpaired) electrons. The Morgan fingerprint density at radius 2 is 1.42 bits per heavy atom. The largest absolute Gasteiger partial charge is 0.493 e. The highest BCUT2D eigenvalue weighted by Gasteiger charge is 2.24. The number of benzene rings is 3. The van der Waals surface area contributed by atoms with Crippen LogP contribution >= 0.6 is 0 Å². The molecular weight excluding hydrogens is 410 g/mol. The molecule has 0 aliphatic heterocycles. The smallest absolute Gasteiger partial charge is 0.161 e. The fourth-order valence-electron chi connectivity index (χ4n) is 3.60. The molecule has 1 atom stereocenters. The third-order valence-corrected chi connectivity index (χ3v) is 5.93. The summed E-state index contributed by atoms with van der Waals surface area (Å²) in [7, 11) is -1.67. The van der Waals surface area contributed by atoms with Crippen molar-refractivity contribution in [3.05, 3.63) is 95.6 Å². The van der Waals surface area contributed by atoms with Crippen molar-refractivity contribution in [2.45, 2.75) is 19.0 Å². The quantitative estimate of drug-likeness (QED) is 0.502. The van der Waals surface area contributed by atoms with Gasteiger partial charge >= 0.3 is 0 Å². The van der Waals surface area contributed by atoms with E-state index in [1.807, 2.05) is 85.8 Å². The van der Waals surface area contributed by atoms with Gasteiger partial charge in [0.2, 0.25) is 0 Å². The third kappa shape index (κ3) is 6.32. The first-order chi connectivity index (χ1) is 14.9. The minimum Gasteiger partial charge on any atom is -0.493 e. The number of hydrogen-bond donors (Lipinski definition) is 1. The number of hydrogen-bond acceptors (Lipinski definition) is 5. The molecule has 0 heterocycles. The predicted octanol–water partition coefficient (Wildman–Crippen LogP) is 4.56. The maximum atomic E-state index is 12.3. The van der Waals surface area contributed by atoms with Crippen LogP contribution < -0.4 is 14.8 Å². The molecule has 3 rings (SSSR count). The standard InChI is InChI=1S/C25H29NO4S/c1-4-30-24-17-21(15-16-23(24)29-2)22(18-31(3,27)28)26-25(19-11-7-5-8-12-19)20-13-9-6-10-14-20/h5-17,22,25-26H,4,18H2,1-3H3. The van der Waals surface area contributed by atoms with Gasteiger partial charge < -0.3 is 9.47 Å². The van der Waals surface area contributed by atoms with E-state index in [0.717, 1.165) is 16.7 Å². The molecule has 3 aromatic carbocycles. The van der Waals surface area contributed by atoms with E-state index < -0.39 is 15.9 Å². The van der Waals surface area contributed by atoms with Crippen molar-refractivity contribution in [2.24, 2.45) is 0 Å². The van der Waals surface area contributed by atoms with E-state index in [0.29, 0.717) is 18.1 Å². The Labute approximate surface area is 185 Å². The van der Waals surface area contributed by atoms with Gasteiger partial charge in [-0.05, 0) is 35.7 Å². The van der Waals surface area contributed by atoms with Crippen LogP contribution in [0.25, 0.3) is 0 Å². The Hall–Kier alpha value is -2.83.